The third-order valence-corrected chi connectivity index (χ3v) is 3.84. The number of benzene rings is 1. The molecule has 1 aromatic heterocycles. The molecule has 128 valence electrons. The maximum atomic E-state index is 12.4. The van der Waals surface area contributed by atoms with Gasteiger partial charge in [-0.2, -0.15) is 5.10 Å². The van der Waals surface area contributed by atoms with Crippen molar-refractivity contribution < 1.29 is 14.6 Å². The van der Waals surface area contributed by atoms with Crippen LogP contribution in [0.3, 0.4) is 0 Å². The summed E-state index contributed by atoms with van der Waals surface area (Å²) in [6.45, 7) is 8.26. The van der Waals surface area contributed by atoms with E-state index < -0.39 is 0 Å². The van der Waals surface area contributed by atoms with E-state index in [2.05, 4.69) is 11.7 Å². The number of hydrogen-bond acceptors (Lipinski definition) is 4. The highest BCUT2D eigenvalue weighted by Gasteiger charge is 2.18. The standard InChI is InChI=1S/C18H23N3O3/c1-5-18(23)21(17-7-6-16(24-4)10-13(17)2)12-15-11-20(8-9-22)19-14(15)3/h5-7,10-11,22H,1,8-9,12H2,2-4H3. The van der Waals surface area contributed by atoms with Crippen LogP contribution in [0.2, 0.25) is 0 Å². The molecule has 0 saturated heterocycles. The fourth-order valence-electron chi connectivity index (χ4n) is 2.55. The molecule has 0 aliphatic carbocycles. The Bertz CT molecular complexity index is 737. The van der Waals surface area contributed by atoms with E-state index in [1.165, 1.54) is 6.08 Å². The summed E-state index contributed by atoms with van der Waals surface area (Å²) < 4.78 is 6.91. The van der Waals surface area contributed by atoms with E-state index in [1.54, 1.807) is 16.7 Å². The summed E-state index contributed by atoms with van der Waals surface area (Å²) in [5.41, 5.74) is 3.49. The van der Waals surface area contributed by atoms with Crippen molar-refractivity contribution in [1.29, 1.82) is 0 Å². The minimum Gasteiger partial charge on any atom is -0.497 e. The molecular formula is C18H23N3O3. The lowest BCUT2D eigenvalue weighted by molar-refractivity contribution is -0.114. The van der Waals surface area contributed by atoms with E-state index in [0.717, 1.165) is 28.3 Å². The molecule has 0 spiro atoms. The number of amides is 1. The second-order valence-electron chi connectivity index (χ2n) is 5.51. The van der Waals surface area contributed by atoms with Gasteiger partial charge in [-0.15, -0.1) is 0 Å². The molecule has 1 amide bonds. The van der Waals surface area contributed by atoms with Gasteiger partial charge in [0.1, 0.15) is 5.75 Å². The van der Waals surface area contributed by atoms with Gasteiger partial charge in [0.2, 0.25) is 0 Å². The van der Waals surface area contributed by atoms with E-state index in [0.29, 0.717) is 13.1 Å². The highest BCUT2D eigenvalue weighted by molar-refractivity contribution is 6.01. The first-order valence-electron chi connectivity index (χ1n) is 7.72. The van der Waals surface area contributed by atoms with Crippen molar-refractivity contribution in [3.05, 3.63) is 53.9 Å². The van der Waals surface area contributed by atoms with Gasteiger partial charge < -0.3 is 14.7 Å². The number of aryl methyl sites for hydroxylation is 2. The number of ether oxygens (including phenoxy) is 1. The maximum absolute atomic E-state index is 12.4. The van der Waals surface area contributed by atoms with Gasteiger partial charge >= 0.3 is 0 Å². The molecule has 24 heavy (non-hydrogen) atoms. The van der Waals surface area contributed by atoms with Crippen molar-refractivity contribution in [3.63, 3.8) is 0 Å². The zero-order chi connectivity index (χ0) is 17.7. The van der Waals surface area contributed by atoms with Crippen molar-refractivity contribution in [3.8, 4) is 5.75 Å². The number of hydrogen-bond donors (Lipinski definition) is 1. The number of anilines is 1. The van der Waals surface area contributed by atoms with Crippen molar-refractivity contribution in [2.75, 3.05) is 18.6 Å². The summed E-state index contributed by atoms with van der Waals surface area (Å²) in [6.07, 6.45) is 3.16. The average molecular weight is 329 g/mol. The molecule has 1 aromatic carbocycles. The van der Waals surface area contributed by atoms with E-state index in [9.17, 15) is 4.79 Å². The van der Waals surface area contributed by atoms with Crippen LogP contribution in [-0.4, -0.2) is 34.5 Å². The Kier molecular flexibility index (Phi) is 5.76. The highest BCUT2D eigenvalue weighted by atomic mass is 16.5. The summed E-state index contributed by atoms with van der Waals surface area (Å²) in [6, 6.07) is 5.58. The molecule has 0 radical (unpaired) electrons. The molecule has 6 heteroatoms. The van der Waals surface area contributed by atoms with Crippen LogP contribution in [0.1, 0.15) is 16.8 Å². The van der Waals surface area contributed by atoms with E-state index in [-0.39, 0.29) is 12.5 Å². The molecule has 0 aliphatic rings. The SMILES string of the molecule is C=CC(=O)N(Cc1cn(CCO)nc1C)c1ccc(OC)cc1C. The molecule has 0 atom stereocenters. The monoisotopic (exact) mass is 329 g/mol. The Morgan fingerprint density at radius 1 is 1.46 bits per heavy atom. The molecule has 2 aromatic rings. The lowest BCUT2D eigenvalue weighted by Gasteiger charge is -2.23. The van der Waals surface area contributed by atoms with Crippen LogP contribution in [0.4, 0.5) is 5.69 Å². The van der Waals surface area contributed by atoms with Crippen LogP contribution >= 0.6 is 0 Å². The minimum absolute atomic E-state index is 0.0213. The molecule has 0 unspecified atom stereocenters. The summed E-state index contributed by atoms with van der Waals surface area (Å²) in [7, 11) is 1.61. The first-order chi connectivity index (χ1) is 11.5. The van der Waals surface area contributed by atoms with Crippen LogP contribution in [0.25, 0.3) is 0 Å². The van der Waals surface area contributed by atoms with Gasteiger partial charge in [-0.3, -0.25) is 9.48 Å². The molecule has 0 aliphatic heterocycles. The summed E-state index contributed by atoms with van der Waals surface area (Å²) in [5.74, 6) is 0.562. The van der Waals surface area contributed by atoms with Gasteiger partial charge in [-0.25, -0.2) is 0 Å². The Morgan fingerprint density at radius 2 is 2.21 bits per heavy atom. The predicted octanol–water partition coefficient (Wildman–Crippen LogP) is 2.22. The van der Waals surface area contributed by atoms with Gasteiger partial charge in [-0.05, 0) is 43.7 Å². The zero-order valence-corrected chi connectivity index (χ0v) is 14.3. The zero-order valence-electron chi connectivity index (χ0n) is 14.3. The number of nitrogens with zero attached hydrogens (tertiary/aromatic N) is 3. The van der Waals surface area contributed by atoms with Gasteiger partial charge in [0.15, 0.2) is 0 Å². The van der Waals surface area contributed by atoms with Crippen molar-refractivity contribution in [2.24, 2.45) is 0 Å². The number of aliphatic hydroxyl groups excluding tert-OH is 1. The van der Waals surface area contributed by atoms with E-state index in [4.69, 9.17) is 9.84 Å². The van der Waals surface area contributed by atoms with Crippen LogP contribution in [0, 0.1) is 13.8 Å². The van der Waals surface area contributed by atoms with E-state index in [1.807, 2.05) is 38.2 Å². The third-order valence-electron chi connectivity index (χ3n) is 3.84. The Hall–Kier alpha value is -2.60. The van der Waals surface area contributed by atoms with Crippen molar-refractivity contribution >= 4 is 11.6 Å². The molecule has 0 bridgehead atoms. The Morgan fingerprint density at radius 3 is 2.79 bits per heavy atom. The third kappa shape index (κ3) is 3.83. The molecule has 2 rings (SSSR count). The number of carbonyl (C=O) groups is 1. The van der Waals surface area contributed by atoms with Crippen LogP contribution in [-0.2, 0) is 17.9 Å². The number of aromatic nitrogens is 2. The second-order valence-corrected chi connectivity index (χ2v) is 5.51. The first kappa shape index (κ1) is 17.7. The van der Waals surface area contributed by atoms with Gasteiger partial charge in [0.25, 0.3) is 5.91 Å². The quantitative estimate of drug-likeness (QED) is 0.791. The van der Waals surface area contributed by atoms with Crippen LogP contribution < -0.4 is 9.64 Å². The maximum Gasteiger partial charge on any atom is 0.250 e. The topological polar surface area (TPSA) is 67.6 Å². The van der Waals surface area contributed by atoms with Crippen LogP contribution in [0.5, 0.6) is 5.75 Å². The molecule has 1 N–H and O–H groups in total. The highest BCUT2D eigenvalue weighted by Crippen LogP contribution is 2.27. The fourth-order valence-corrected chi connectivity index (χ4v) is 2.55. The number of rotatable bonds is 7. The van der Waals surface area contributed by atoms with Crippen molar-refractivity contribution in [2.45, 2.75) is 26.9 Å². The number of aliphatic hydroxyl groups is 1. The molecule has 0 saturated carbocycles. The summed E-state index contributed by atoms with van der Waals surface area (Å²) in [4.78, 5) is 14.0. The summed E-state index contributed by atoms with van der Waals surface area (Å²) in [5, 5.41) is 13.4. The molecular weight excluding hydrogens is 306 g/mol. The number of carbonyl (C=O) groups excluding carboxylic acids is 1. The average Bonchev–Trinajstić information content (AvgIpc) is 2.92. The largest absolute Gasteiger partial charge is 0.497 e. The molecule has 6 nitrogen and oxygen atoms in total. The minimum atomic E-state index is -0.183. The molecule has 0 fully saturated rings. The smallest absolute Gasteiger partial charge is 0.250 e. The number of methoxy groups -OCH3 is 1. The Labute approximate surface area is 142 Å². The van der Waals surface area contributed by atoms with Gasteiger partial charge in [0, 0.05) is 17.4 Å². The second kappa shape index (κ2) is 7.79. The lowest BCUT2D eigenvalue weighted by Crippen LogP contribution is -2.29. The first-order valence-corrected chi connectivity index (χ1v) is 7.72. The van der Waals surface area contributed by atoms with Gasteiger partial charge in [0.05, 0.1) is 32.5 Å². The lowest BCUT2D eigenvalue weighted by atomic mass is 10.1. The summed E-state index contributed by atoms with van der Waals surface area (Å²) >= 11 is 0. The fraction of sp³-hybridized carbons (Fsp3) is 0.333. The van der Waals surface area contributed by atoms with Crippen LogP contribution in [0.15, 0.2) is 37.1 Å². The van der Waals surface area contributed by atoms with Crippen molar-refractivity contribution in [1.82, 2.24) is 9.78 Å². The van der Waals surface area contributed by atoms with E-state index >= 15 is 0 Å². The normalized spacial score (nSPS) is 10.5. The van der Waals surface area contributed by atoms with Gasteiger partial charge in [-0.1, -0.05) is 6.58 Å². The predicted molar refractivity (Wildman–Crippen MR) is 93.2 cm³/mol. The molecule has 1 heterocycles. The Balaban J connectivity index is 2.36.